The zero-order valence-corrected chi connectivity index (χ0v) is 8.86. The van der Waals surface area contributed by atoms with Crippen LogP contribution in [-0.4, -0.2) is 9.38 Å². The minimum absolute atomic E-state index is 1.06. The third-order valence-electron chi connectivity index (χ3n) is 2.97. The van der Waals surface area contributed by atoms with E-state index in [1.807, 2.05) is 12.3 Å². The Morgan fingerprint density at radius 3 is 2.80 bits per heavy atom. The van der Waals surface area contributed by atoms with Crippen LogP contribution in [0.5, 0.6) is 0 Å². The van der Waals surface area contributed by atoms with Crippen molar-refractivity contribution < 1.29 is 0 Å². The molecule has 0 N–H and O–H groups in total. The highest BCUT2D eigenvalue weighted by molar-refractivity contribution is 5.79. The third-order valence-corrected chi connectivity index (χ3v) is 2.97. The number of aryl methyl sites for hydroxylation is 2. The second kappa shape index (κ2) is 2.83. The Bertz CT molecular complexity index is 650. The van der Waals surface area contributed by atoms with Gasteiger partial charge in [0.1, 0.15) is 0 Å². The Morgan fingerprint density at radius 2 is 1.93 bits per heavy atom. The van der Waals surface area contributed by atoms with Crippen molar-refractivity contribution in [2.75, 3.05) is 0 Å². The van der Waals surface area contributed by atoms with Gasteiger partial charge >= 0.3 is 0 Å². The summed E-state index contributed by atoms with van der Waals surface area (Å²) >= 11 is 0. The summed E-state index contributed by atoms with van der Waals surface area (Å²) in [6.07, 6.45) is 3.99. The first-order chi connectivity index (χ1) is 7.25. The van der Waals surface area contributed by atoms with Gasteiger partial charge in [-0.05, 0) is 49.2 Å². The first kappa shape index (κ1) is 8.48. The van der Waals surface area contributed by atoms with E-state index in [1.54, 1.807) is 0 Å². The minimum Gasteiger partial charge on any atom is -0.314 e. The molecule has 2 heteroatoms. The highest BCUT2D eigenvalue weighted by atomic mass is 14.9. The average molecular weight is 196 g/mol. The van der Waals surface area contributed by atoms with Crippen molar-refractivity contribution >= 4 is 16.6 Å². The van der Waals surface area contributed by atoms with E-state index in [-0.39, 0.29) is 0 Å². The zero-order valence-electron chi connectivity index (χ0n) is 8.86. The fourth-order valence-corrected chi connectivity index (χ4v) is 1.94. The van der Waals surface area contributed by atoms with Gasteiger partial charge in [-0.15, -0.1) is 0 Å². The molecule has 2 nitrogen and oxygen atoms in total. The lowest BCUT2D eigenvalue weighted by atomic mass is 10.1. The van der Waals surface area contributed by atoms with Crippen LogP contribution in [-0.2, 0) is 0 Å². The number of hydrogen-bond donors (Lipinski definition) is 0. The summed E-state index contributed by atoms with van der Waals surface area (Å²) in [6, 6.07) is 8.46. The van der Waals surface area contributed by atoms with Gasteiger partial charge in [0, 0.05) is 6.20 Å². The molecule has 3 aromatic rings. The van der Waals surface area contributed by atoms with Crippen LogP contribution in [0.3, 0.4) is 0 Å². The molecule has 0 unspecified atom stereocenters. The molecule has 2 aromatic heterocycles. The molecule has 0 saturated carbocycles. The molecule has 0 aliphatic rings. The summed E-state index contributed by atoms with van der Waals surface area (Å²) in [6.45, 7) is 4.26. The van der Waals surface area contributed by atoms with Crippen molar-refractivity contribution in [2.45, 2.75) is 13.8 Å². The first-order valence-corrected chi connectivity index (χ1v) is 5.09. The van der Waals surface area contributed by atoms with E-state index < -0.39 is 0 Å². The molecule has 0 fully saturated rings. The van der Waals surface area contributed by atoms with E-state index in [4.69, 9.17) is 0 Å². The maximum absolute atomic E-state index is 4.46. The molecule has 2 heterocycles. The van der Waals surface area contributed by atoms with Crippen molar-refractivity contribution in [3.63, 3.8) is 0 Å². The lowest BCUT2D eigenvalue weighted by Crippen LogP contribution is -1.91. The second-order valence-corrected chi connectivity index (χ2v) is 3.99. The van der Waals surface area contributed by atoms with E-state index in [9.17, 15) is 0 Å². The fourth-order valence-electron chi connectivity index (χ4n) is 1.94. The molecule has 0 amide bonds. The molecule has 0 radical (unpaired) electrons. The molecular formula is C13H12N2. The van der Waals surface area contributed by atoms with Gasteiger partial charge in [-0.25, -0.2) is 0 Å². The van der Waals surface area contributed by atoms with E-state index in [1.165, 1.54) is 16.6 Å². The van der Waals surface area contributed by atoms with Gasteiger partial charge in [-0.1, -0.05) is 0 Å². The maximum atomic E-state index is 4.46. The number of aromatic nitrogens is 2. The summed E-state index contributed by atoms with van der Waals surface area (Å²) < 4.78 is 2.18. The van der Waals surface area contributed by atoms with E-state index in [2.05, 4.69) is 47.6 Å². The SMILES string of the molecule is Cc1cc2ncc3cccn3c2cc1C. The van der Waals surface area contributed by atoms with Crippen LogP contribution in [0.25, 0.3) is 16.6 Å². The first-order valence-electron chi connectivity index (χ1n) is 5.09. The summed E-state index contributed by atoms with van der Waals surface area (Å²) in [5, 5.41) is 0. The predicted octanol–water partition coefficient (Wildman–Crippen LogP) is 3.10. The van der Waals surface area contributed by atoms with Gasteiger partial charge in [0.25, 0.3) is 0 Å². The lowest BCUT2D eigenvalue weighted by molar-refractivity contribution is 1.21. The Labute approximate surface area is 88.2 Å². The molecule has 74 valence electrons. The fraction of sp³-hybridized carbons (Fsp3) is 0.154. The van der Waals surface area contributed by atoms with Crippen molar-refractivity contribution in [2.24, 2.45) is 0 Å². The van der Waals surface area contributed by atoms with Crippen LogP contribution in [0.15, 0.2) is 36.7 Å². The molecule has 0 aliphatic carbocycles. The standard InChI is InChI=1S/C13H12N2/c1-9-6-12-13(7-10(9)2)15-5-3-4-11(15)8-14-12/h3-8H,1-2H3. The Kier molecular flexibility index (Phi) is 1.60. The monoisotopic (exact) mass is 196 g/mol. The Hall–Kier alpha value is -1.83. The van der Waals surface area contributed by atoms with E-state index in [0.717, 1.165) is 11.0 Å². The number of benzene rings is 1. The Balaban J connectivity index is 2.57. The molecule has 0 spiro atoms. The van der Waals surface area contributed by atoms with Gasteiger partial charge in [0.2, 0.25) is 0 Å². The van der Waals surface area contributed by atoms with Crippen molar-refractivity contribution in [1.29, 1.82) is 0 Å². The molecule has 3 rings (SSSR count). The molecular weight excluding hydrogens is 184 g/mol. The lowest BCUT2D eigenvalue weighted by Gasteiger charge is -2.05. The summed E-state index contributed by atoms with van der Waals surface area (Å²) in [5.41, 5.74) is 5.99. The van der Waals surface area contributed by atoms with E-state index >= 15 is 0 Å². The number of fused-ring (bicyclic) bond motifs is 3. The van der Waals surface area contributed by atoms with Crippen molar-refractivity contribution in [3.05, 3.63) is 47.8 Å². The van der Waals surface area contributed by atoms with E-state index in [0.29, 0.717) is 0 Å². The average Bonchev–Trinajstić information content (AvgIpc) is 2.68. The largest absolute Gasteiger partial charge is 0.314 e. The molecule has 0 aliphatic heterocycles. The van der Waals surface area contributed by atoms with Crippen LogP contribution in [0.1, 0.15) is 11.1 Å². The summed E-state index contributed by atoms with van der Waals surface area (Å²) in [7, 11) is 0. The topological polar surface area (TPSA) is 17.3 Å². The summed E-state index contributed by atoms with van der Waals surface area (Å²) in [4.78, 5) is 4.46. The zero-order chi connectivity index (χ0) is 10.4. The van der Waals surface area contributed by atoms with Crippen LogP contribution >= 0.6 is 0 Å². The molecule has 15 heavy (non-hydrogen) atoms. The quantitative estimate of drug-likeness (QED) is 0.540. The van der Waals surface area contributed by atoms with Crippen LogP contribution in [0.4, 0.5) is 0 Å². The number of nitrogens with zero attached hydrogens (tertiary/aromatic N) is 2. The van der Waals surface area contributed by atoms with Crippen LogP contribution in [0.2, 0.25) is 0 Å². The van der Waals surface area contributed by atoms with Crippen molar-refractivity contribution in [3.8, 4) is 0 Å². The maximum Gasteiger partial charge on any atom is 0.0873 e. The summed E-state index contributed by atoms with van der Waals surface area (Å²) in [5.74, 6) is 0. The Morgan fingerprint density at radius 1 is 1.13 bits per heavy atom. The third kappa shape index (κ3) is 1.14. The van der Waals surface area contributed by atoms with Gasteiger partial charge in [0.15, 0.2) is 0 Å². The highest BCUT2D eigenvalue weighted by Crippen LogP contribution is 2.19. The van der Waals surface area contributed by atoms with Crippen LogP contribution in [0, 0.1) is 13.8 Å². The smallest absolute Gasteiger partial charge is 0.0873 e. The van der Waals surface area contributed by atoms with Gasteiger partial charge in [-0.3, -0.25) is 4.98 Å². The van der Waals surface area contributed by atoms with Gasteiger partial charge < -0.3 is 4.40 Å². The number of rotatable bonds is 0. The van der Waals surface area contributed by atoms with Crippen LogP contribution < -0.4 is 0 Å². The predicted molar refractivity (Wildman–Crippen MR) is 62.2 cm³/mol. The molecule has 0 atom stereocenters. The minimum atomic E-state index is 1.06. The van der Waals surface area contributed by atoms with Crippen molar-refractivity contribution in [1.82, 2.24) is 9.38 Å². The van der Waals surface area contributed by atoms with Gasteiger partial charge in [0.05, 0.1) is 22.7 Å². The van der Waals surface area contributed by atoms with Gasteiger partial charge in [-0.2, -0.15) is 0 Å². The molecule has 0 saturated heterocycles. The number of hydrogen-bond acceptors (Lipinski definition) is 1. The highest BCUT2D eigenvalue weighted by Gasteiger charge is 2.02. The second-order valence-electron chi connectivity index (χ2n) is 3.99. The molecule has 1 aromatic carbocycles. The molecule has 0 bridgehead atoms. The normalized spacial score (nSPS) is 11.3.